The van der Waals surface area contributed by atoms with E-state index in [9.17, 15) is 4.79 Å². The Morgan fingerprint density at radius 2 is 2.38 bits per heavy atom. The molecular weight excluding hydrogens is 208 g/mol. The van der Waals surface area contributed by atoms with Crippen LogP contribution in [0.15, 0.2) is 12.3 Å². The largest absolute Gasteiger partial charge is 0.495 e. The van der Waals surface area contributed by atoms with Crippen LogP contribution in [0.25, 0.3) is 0 Å². The Hall–Kier alpha value is -1.78. The fourth-order valence-electron chi connectivity index (χ4n) is 1.78. The Morgan fingerprint density at radius 3 is 3.06 bits per heavy atom. The lowest BCUT2D eigenvalue weighted by Crippen LogP contribution is -2.34. The Labute approximate surface area is 93.8 Å². The molecule has 0 bridgehead atoms. The zero-order chi connectivity index (χ0) is 11.5. The number of ether oxygens (including phenoxy) is 2. The maximum absolute atomic E-state index is 11.4. The van der Waals surface area contributed by atoms with E-state index in [0.717, 1.165) is 23.6 Å². The first-order valence-electron chi connectivity index (χ1n) is 5.12. The van der Waals surface area contributed by atoms with Crippen LogP contribution < -0.4 is 10.1 Å². The predicted octanol–water partition coefficient (Wildman–Crippen LogP) is 0.990. The number of aromatic nitrogens is 1. The van der Waals surface area contributed by atoms with Crippen molar-refractivity contribution in [1.82, 2.24) is 4.98 Å². The smallest absolute Gasteiger partial charge is 0.328 e. The van der Waals surface area contributed by atoms with Crippen molar-refractivity contribution in [2.45, 2.75) is 18.9 Å². The summed E-state index contributed by atoms with van der Waals surface area (Å²) >= 11 is 0. The molecule has 0 spiro atoms. The number of fused-ring (bicyclic) bond motifs is 1. The zero-order valence-corrected chi connectivity index (χ0v) is 9.32. The minimum absolute atomic E-state index is 0.247. The van der Waals surface area contributed by atoms with Crippen LogP contribution in [0.5, 0.6) is 5.75 Å². The summed E-state index contributed by atoms with van der Waals surface area (Å²) in [6, 6.07) is 1.64. The van der Waals surface area contributed by atoms with Crippen LogP contribution in [-0.2, 0) is 16.0 Å². The highest BCUT2D eigenvalue weighted by molar-refractivity contribution is 5.80. The van der Waals surface area contributed by atoms with Crippen LogP contribution in [0.3, 0.4) is 0 Å². The third-order valence-electron chi connectivity index (χ3n) is 2.68. The van der Waals surface area contributed by atoms with Gasteiger partial charge in [-0.3, -0.25) is 0 Å². The molecule has 2 rings (SSSR count). The van der Waals surface area contributed by atoms with Gasteiger partial charge in [-0.15, -0.1) is 0 Å². The van der Waals surface area contributed by atoms with Crippen LogP contribution in [0.2, 0.25) is 0 Å². The molecule has 1 aromatic rings. The Morgan fingerprint density at radius 1 is 1.56 bits per heavy atom. The van der Waals surface area contributed by atoms with Crippen molar-refractivity contribution in [2.24, 2.45) is 0 Å². The zero-order valence-electron chi connectivity index (χ0n) is 9.32. The number of nitrogens with zero attached hydrogens (tertiary/aromatic N) is 1. The highest BCUT2D eigenvalue weighted by atomic mass is 16.5. The van der Waals surface area contributed by atoms with Gasteiger partial charge in [-0.2, -0.15) is 0 Å². The number of nitrogens with one attached hydrogen (secondary N) is 1. The first-order chi connectivity index (χ1) is 7.74. The number of hydrogen-bond acceptors (Lipinski definition) is 5. The lowest BCUT2D eigenvalue weighted by molar-refractivity contribution is -0.141. The fourth-order valence-corrected chi connectivity index (χ4v) is 1.78. The van der Waals surface area contributed by atoms with Crippen molar-refractivity contribution in [2.75, 3.05) is 19.5 Å². The molecule has 0 radical (unpaired) electrons. The van der Waals surface area contributed by atoms with E-state index in [1.807, 2.05) is 6.07 Å². The summed E-state index contributed by atoms with van der Waals surface area (Å²) in [5.41, 5.74) is 1.07. The molecule has 1 aromatic heterocycles. The highest BCUT2D eigenvalue weighted by Crippen LogP contribution is 2.26. The van der Waals surface area contributed by atoms with Gasteiger partial charge in [0.2, 0.25) is 0 Å². The Kier molecular flexibility index (Phi) is 2.94. The van der Waals surface area contributed by atoms with Crippen LogP contribution in [0.1, 0.15) is 12.0 Å². The lowest BCUT2D eigenvalue weighted by Gasteiger charge is -2.24. The maximum Gasteiger partial charge on any atom is 0.328 e. The summed E-state index contributed by atoms with van der Waals surface area (Å²) in [6.45, 7) is 0. The van der Waals surface area contributed by atoms with Crippen LogP contribution in [-0.4, -0.2) is 31.2 Å². The van der Waals surface area contributed by atoms with Gasteiger partial charge in [-0.25, -0.2) is 9.78 Å². The molecule has 0 amide bonds. The summed E-state index contributed by atoms with van der Waals surface area (Å²) in [5.74, 6) is 1.22. The number of methoxy groups -OCH3 is 2. The topological polar surface area (TPSA) is 60.5 Å². The minimum atomic E-state index is -0.293. The molecule has 1 unspecified atom stereocenters. The second kappa shape index (κ2) is 4.38. The van der Waals surface area contributed by atoms with Gasteiger partial charge in [-0.05, 0) is 24.5 Å². The van der Waals surface area contributed by atoms with Gasteiger partial charge in [0.25, 0.3) is 0 Å². The summed E-state index contributed by atoms with van der Waals surface area (Å²) in [5, 5.41) is 3.06. The van der Waals surface area contributed by atoms with E-state index in [-0.39, 0.29) is 12.0 Å². The molecule has 86 valence electrons. The quantitative estimate of drug-likeness (QED) is 0.756. The average molecular weight is 222 g/mol. The van der Waals surface area contributed by atoms with E-state index in [0.29, 0.717) is 6.42 Å². The standard InChI is InChI=1S/C11H14N2O3/c1-15-8-5-7-3-4-9(11(14)16-2)13-10(7)12-6-8/h5-6,9H,3-4H2,1-2H3,(H,12,13). The van der Waals surface area contributed by atoms with Crippen molar-refractivity contribution in [3.8, 4) is 5.75 Å². The third kappa shape index (κ3) is 1.93. The van der Waals surface area contributed by atoms with Crippen molar-refractivity contribution in [1.29, 1.82) is 0 Å². The van der Waals surface area contributed by atoms with E-state index in [1.165, 1.54) is 7.11 Å². The molecule has 0 fully saturated rings. The number of hydrogen-bond donors (Lipinski definition) is 1. The Bertz CT molecular complexity index is 406. The molecule has 1 atom stereocenters. The van der Waals surface area contributed by atoms with Crippen molar-refractivity contribution >= 4 is 11.8 Å². The summed E-state index contributed by atoms with van der Waals surface area (Å²) < 4.78 is 9.79. The molecule has 16 heavy (non-hydrogen) atoms. The monoisotopic (exact) mass is 222 g/mol. The van der Waals surface area contributed by atoms with Crippen molar-refractivity contribution in [3.63, 3.8) is 0 Å². The number of pyridine rings is 1. The van der Waals surface area contributed by atoms with Gasteiger partial charge in [0, 0.05) is 0 Å². The van der Waals surface area contributed by atoms with Gasteiger partial charge < -0.3 is 14.8 Å². The van der Waals surface area contributed by atoms with E-state index >= 15 is 0 Å². The molecule has 1 aliphatic heterocycles. The summed E-state index contributed by atoms with van der Waals surface area (Å²) in [4.78, 5) is 15.6. The molecule has 1 N–H and O–H groups in total. The van der Waals surface area contributed by atoms with Gasteiger partial charge in [0.1, 0.15) is 17.6 Å². The van der Waals surface area contributed by atoms with E-state index in [2.05, 4.69) is 10.3 Å². The van der Waals surface area contributed by atoms with Crippen LogP contribution >= 0.6 is 0 Å². The van der Waals surface area contributed by atoms with Crippen LogP contribution in [0, 0.1) is 0 Å². The first kappa shape index (κ1) is 10.7. The molecule has 0 aliphatic carbocycles. The molecule has 5 nitrogen and oxygen atoms in total. The van der Waals surface area contributed by atoms with Gasteiger partial charge >= 0.3 is 5.97 Å². The van der Waals surface area contributed by atoms with Gasteiger partial charge in [0.05, 0.1) is 20.4 Å². The molecule has 5 heteroatoms. The van der Waals surface area contributed by atoms with E-state index in [4.69, 9.17) is 9.47 Å². The number of carbonyl (C=O) groups excluding carboxylic acids is 1. The molecular formula is C11H14N2O3. The summed E-state index contributed by atoms with van der Waals surface area (Å²) in [6.07, 6.45) is 3.15. The molecule has 0 saturated carbocycles. The van der Waals surface area contributed by atoms with Crippen molar-refractivity contribution in [3.05, 3.63) is 17.8 Å². The molecule has 1 aliphatic rings. The number of anilines is 1. The number of rotatable bonds is 2. The van der Waals surface area contributed by atoms with E-state index < -0.39 is 0 Å². The second-order valence-electron chi connectivity index (χ2n) is 3.64. The summed E-state index contributed by atoms with van der Waals surface area (Å²) in [7, 11) is 3.00. The minimum Gasteiger partial charge on any atom is -0.495 e. The van der Waals surface area contributed by atoms with Crippen molar-refractivity contribution < 1.29 is 14.3 Å². The van der Waals surface area contributed by atoms with Crippen LogP contribution in [0.4, 0.5) is 5.82 Å². The number of carbonyl (C=O) groups is 1. The highest BCUT2D eigenvalue weighted by Gasteiger charge is 2.25. The maximum atomic E-state index is 11.4. The van der Waals surface area contributed by atoms with Gasteiger partial charge in [0.15, 0.2) is 0 Å². The SMILES string of the molecule is COC(=O)C1CCc2cc(OC)cnc2N1. The van der Waals surface area contributed by atoms with E-state index in [1.54, 1.807) is 13.3 Å². The lowest BCUT2D eigenvalue weighted by atomic mass is 10.0. The predicted molar refractivity (Wildman–Crippen MR) is 58.5 cm³/mol. The average Bonchev–Trinajstić information content (AvgIpc) is 2.36. The Balaban J connectivity index is 2.18. The third-order valence-corrected chi connectivity index (χ3v) is 2.68. The molecule has 2 heterocycles. The number of esters is 1. The van der Waals surface area contributed by atoms with Gasteiger partial charge in [-0.1, -0.05) is 0 Å². The first-order valence-corrected chi connectivity index (χ1v) is 5.12. The fraction of sp³-hybridized carbons (Fsp3) is 0.455. The molecule has 0 saturated heterocycles. The number of aryl methyl sites for hydroxylation is 1. The normalized spacial score (nSPS) is 18.2. The second-order valence-corrected chi connectivity index (χ2v) is 3.64. The molecule has 0 aromatic carbocycles.